The maximum absolute atomic E-state index is 12.4. The second-order valence-electron chi connectivity index (χ2n) is 6.81. The normalized spacial score (nSPS) is 10.3. The number of para-hydroxylation sites is 2. The molecule has 2 aromatic rings. The molecule has 0 atom stereocenters. The van der Waals surface area contributed by atoms with Gasteiger partial charge in [-0.25, -0.2) is 4.79 Å². The van der Waals surface area contributed by atoms with Gasteiger partial charge in [-0.1, -0.05) is 32.0 Å². The Labute approximate surface area is 175 Å². The number of ether oxygens (including phenoxy) is 3. The van der Waals surface area contributed by atoms with E-state index in [1.165, 1.54) is 20.3 Å². The number of hydrogen-bond donors (Lipinski definition) is 2. The summed E-state index contributed by atoms with van der Waals surface area (Å²) >= 11 is 0. The molecule has 0 spiro atoms. The smallest absolute Gasteiger partial charge is 0.342 e. The molecule has 30 heavy (non-hydrogen) atoms. The number of carbonyl (C=O) groups excluding carboxylic acids is 3. The predicted molar refractivity (Wildman–Crippen MR) is 112 cm³/mol. The van der Waals surface area contributed by atoms with E-state index in [1.807, 2.05) is 13.8 Å². The first-order valence-electron chi connectivity index (χ1n) is 9.42. The van der Waals surface area contributed by atoms with Gasteiger partial charge in [0.25, 0.3) is 11.8 Å². The van der Waals surface area contributed by atoms with Crippen LogP contribution in [-0.2, 0) is 9.53 Å². The van der Waals surface area contributed by atoms with Gasteiger partial charge in [0.2, 0.25) is 0 Å². The Morgan fingerprint density at radius 3 is 2.30 bits per heavy atom. The summed E-state index contributed by atoms with van der Waals surface area (Å²) in [7, 11) is 2.86. The number of carbonyl (C=O) groups is 3. The van der Waals surface area contributed by atoms with Crippen molar-refractivity contribution in [1.82, 2.24) is 5.32 Å². The molecule has 0 saturated heterocycles. The highest BCUT2D eigenvalue weighted by molar-refractivity contribution is 6.04. The van der Waals surface area contributed by atoms with E-state index in [2.05, 4.69) is 10.6 Å². The third-order valence-electron chi connectivity index (χ3n) is 4.07. The zero-order valence-electron chi connectivity index (χ0n) is 17.5. The van der Waals surface area contributed by atoms with E-state index in [1.54, 1.807) is 36.4 Å². The first-order valence-corrected chi connectivity index (χ1v) is 9.42. The Morgan fingerprint density at radius 1 is 0.933 bits per heavy atom. The Kier molecular flexibility index (Phi) is 8.22. The Balaban J connectivity index is 2.02. The molecule has 0 saturated carbocycles. The minimum absolute atomic E-state index is 0.137. The average molecular weight is 414 g/mol. The molecule has 0 aliphatic heterocycles. The summed E-state index contributed by atoms with van der Waals surface area (Å²) in [6.07, 6.45) is 0. The lowest BCUT2D eigenvalue weighted by Gasteiger charge is -2.13. The molecule has 2 amide bonds. The minimum atomic E-state index is -0.733. The molecule has 0 radical (unpaired) electrons. The fourth-order valence-corrected chi connectivity index (χ4v) is 2.63. The number of nitrogens with one attached hydrogen (secondary N) is 2. The van der Waals surface area contributed by atoms with Crippen LogP contribution in [0.15, 0.2) is 42.5 Å². The number of methoxy groups -OCH3 is 2. The summed E-state index contributed by atoms with van der Waals surface area (Å²) in [6.45, 7) is 3.96. The maximum Gasteiger partial charge on any atom is 0.342 e. The SMILES string of the molecule is COc1cccc(C(=O)OCC(=O)Nc2ccccc2C(=O)NCC(C)C)c1OC. The Morgan fingerprint density at radius 2 is 1.63 bits per heavy atom. The molecule has 0 fully saturated rings. The van der Waals surface area contributed by atoms with Crippen LogP contribution in [0.5, 0.6) is 11.5 Å². The first kappa shape index (κ1) is 22.7. The highest BCUT2D eigenvalue weighted by Crippen LogP contribution is 2.31. The van der Waals surface area contributed by atoms with Crippen LogP contribution in [0.25, 0.3) is 0 Å². The van der Waals surface area contributed by atoms with Crippen molar-refractivity contribution in [1.29, 1.82) is 0 Å². The van der Waals surface area contributed by atoms with Gasteiger partial charge in [-0.15, -0.1) is 0 Å². The molecule has 0 aromatic heterocycles. The summed E-state index contributed by atoms with van der Waals surface area (Å²) in [5.41, 5.74) is 0.796. The predicted octanol–water partition coefficient (Wildman–Crippen LogP) is 2.89. The van der Waals surface area contributed by atoms with Crippen molar-refractivity contribution in [3.63, 3.8) is 0 Å². The van der Waals surface area contributed by atoms with Crippen LogP contribution in [0, 0.1) is 5.92 Å². The van der Waals surface area contributed by atoms with Crippen molar-refractivity contribution in [3.8, 4) is 11.5 Å². The van der Waals surface area contributed by atoms with Crippen molar-refractivity contribution in [2.24, 2.45) is 5.92 Å². The lowest BCUT2D eigenvalue weighted by Crippen LogP contribution is -2.29. The topological polar surface area (TPSA) is 103 Å². The van der Waals surface area contributed by atoms with Gasteiger partial charge in [0, 0.05) is 6.54 Å². The monoisotopic (exact) mass is 414 g/mol. The molecule has 0 bridgehead atoms. The Bertz CT molecular complexity index is 910. The number of amides is 2. The van der Waals surface area contributed by atoms with Gasteiger partial charge >= 0.3 is 5.97 Å². The summed E-state index contributed by atoms with van der Waals surface area (Å²) in [4.78, 5) is 37.0. The van der Waals surface area contributed by atoms with Gasteiger partial charge in [0.15, 0.2) is 18.1 Å². The van der Waals surface area contributed by atoms with Crippen LogP contribution in [0.4, 0.5) is 5.69 Å². The molecule has 0 aliphatic rings. The van der Waals surface area contributed by atoms with Crippen molar-refractivity contribution in [2.75, 3.05) is 32.7 Å². The second kappa shape index (κ2) is 10.8. The van der Waals surface area contributed by atoms with Gasteiger partial charge < -0.3 is 24.8 Å². The minimum Gasteiger partial charge on any atom is -0.493 e. The molecule has 2 N–H and O–H groups in total. The maximum atomic E-state index is 12.4. The van der Waals surface area contributed by atoms with Gasteiger partial charge in [-0.3, -0.25) is 9.59 Å². The molecule has 2 rings (SSSR count). The Hall–Kier alpha value is -3.55. The van der Waals surface area contributed by atoms with E-state index in [0.717, 1.165) is 0 Å². The van der Waals surface area contributed by atoms with Crippen LogP contribution in [-0.4, -0.2) is 45.2 Å². The summed E-state index contributed by atoms with van der Waals surface area (Å²) in [6, 6.07) is 11.4. The zero-order valence-corrected chi connectivity index (χ0v) is 17.5. The molecule has 8 nitrogen and oxygen atoms in total. The highest BCUT2D eigenvalue weighted by atomic mass is 16.5. The number of hydrogen-bond acceptors (Lipinski definition) is 6. The third-order valence-corrected chi connectivity index (χ3v) is 4.07. The van der Waals surface area contributed by atoms with E-state index in [9.17, 15) is 14.4 Å². The molecule has 8 heteroatoms. The lowest BCUT2D eigenvalue weighted by atomic mass is 10.1. The van der Waals surface area contributed by atoms with Crippen LogP contribution in [0.2, 0.25) is 0 Å². The van der Waals surface area contributed by atoms with Crippen LogP contribution in [0.3, 0.4) is 0 Å². The number of anilines is 1. The van der Waals surface area contributed by atoms with Crippen molar-refractivity contribution in [3.05, 3.63) is 53.6 Å². The number of esters is 1. The van der Waals surface area contributed by atoms with E-state index < -0.39 is 18.5 Å². The molecule has 0 heterocycles. The van der Waals surface area contributed by atoms with E-state index in [-0.39, 0.29) is 17.2 Å². The van der Waals surface area contributed by atoms with Gasteiger partial charge in [0.05, 0.1) is 25.5 Å². The largest absolute Gasteiger partial charge is 0.493 e. The van der Waals surface area contributed by atoms with Crippen molar-refractivity contribution >= 4 is 23.5 Å². The van der Waals surface area contributed by atoms with E-state index >= 15 is 0 Å². The zero-order chi connectivity index (χ0) is 22.1. The third kappa shape index (κ3) is 5.97. The molecule has 2 aromatic carbocycles. The lowest BCUT2D eigenvalue weighted by molar-refractivity contribution is -0.119. The van der Waals surface area contributed by atoms with Crippen LogP contribution >= 0.6 is 0 Å². The summed E-state index contributed by atoms with van der Waals surface area (Å²) < 4.78 is 15.5. The van der Waals surface area contributed by atoms with Gasteiger partial charge in [-0.2, -0.15) is 0 Å². The fourth-order valence-electron chi connectivity index (χ4n) is 2.63. The number of rotatable bonds is 9. The van der Waals surface area contributed by atoms with Gasteiger partial charge in [-0.05, 0) is 30.2 Å². The molecule has 0 unspecified atom stereocenters. The second-order valence-corrected chi connectivity index (χ2v) is 6.81. The van der Waals surface area contributed by atoms with Crippen LogP contribution in [0.1, 0.15) is 34.6 Å². The van der Waals surface area contributed by atoms with Crippen molar-refractivity contribution in [2.45, 2.75) is 13.8 Å². The first-order chi connectivity index (χ1) is 14.4. The van der Waals surface area contributed by atoms with E-state index in [0.29, 0.717) is 29.5 Å². The van der Waals surface area contributed by atoms with Gasteiger partial charge in [0.1, 0.15) is 5.56 Å². The quantitative estimate of drug-likeness (QED) is 0.612. The molecule has 160 valence electrons. The standard InChI is InChI=1S/C22H26N2O6/c1-14(2)12-23-21(26)15-8-5-6-10-17(15)24-19(25)13-30-22(27)16-9-7-11-18(28-3)20(16)29-4/h5-11,14H,12-13H2,1-4H3,(H,23,26)(H,24,25). The number of benzene rings is 2. The van der Waals surface area contributed by atoms with Crippen LogP contribution < -0.4 is 20.1 Å². The van der Waals surface area contributed by atoms with E-state index in [4.69, 9.17) is 14.2 Å². The summed E-state index contributed by atoms with van der Waals surface area (Å²) in [5, 5.41) is 5.41. The fraction of sp³-hybridized carbons (Fsp3) is 0.318. The molecule has 0 aliphatic carbocycles. The highest BCUT2D eigenvalue weighted by Gasteiger charge is 2.19. The van der Waals surface area contributed by atoms with Crippen molar-refractivity contribution < 1.29 is 28.6 Å². The summed E-state index contributed by atoms with van der Waals surface area (Å²) in [5.74, 6) is -0.713. The molecular formula is C22H26N2O6. The average Bonchev–Trinajstić information content (AvgIpc) is 2.75. The molecular weight excluding hydrogens is 388 g/mol.